The van der Waals surface area contributed by atoms with Gasteiger partial charge in [0.15, 0.2) is 18.1 Å². The van der Waals surface area contributed by atoms with Crippen LogP contribution in [0.5, 0.6) is 11.5 Å². The Morgan fingerprint density at radius 3 is 2.42 bits per heavy atom. The fourth-order valence-electron chi connectivity index (χ4n) is 3.12. The van der Waals surface area contributed by atoms with Crippen LogP contribution < -0.4 is 20.2 Å². The van der Waals surface area contributed by atoms with Gasteiger partial charge in [-0.15, -0.1) is 0 Å². The number of hydrogen-bond acceptors (Lipinski definition) is 7. The van der Waals surface area contributed by atoms with Gasteiger partial charge in [-0.2, -0.15) is 0 Å². The highest BCUT2D eigenvalue weighted by molar-refractivity contribution is 5.97. The van der Waals surface area contributed by atoms with Gasteiger partial charge in [0.05, 0.1) is 26.7 Å². The summed E-state index contributed by atoms with van der Waals surface area (Å²) in [7, 11) is 2.89. The van der Waals surface area contributed by atoms with Gasteiger partial charge in [0.25, 0.3) is 11.8 Å². The molecule has 0 spiro atoms. The zero-order valence-electron chi connectivity index (χ0n) is 17.9. The summed E-state index contributed by atoms with van der Waals surface area (Å²) in [6, 6.07) is 9.60. The van der Waals surface area contributed by atoms with Crippen LogP contribution >= 0.6 is 0 Å². The van der Waals surface area contributed by atoms with E-state index in [1.165, 1.54) is 50.6 Å². The van der Waals surface area contributed by atoms with Crippen molar-refractivity contribution in [3.8, 4) is 11.5 Å². The molecule has 1 atom stereocenters. The molecule has 1 saturated heterocycles. The van der Waals surface area contributed by atoms with Crippen molar-refractivity contribution in [2.75, 3.05) is 32.7 Å². The van der Waals surface area contributed by atoms with E-state index in [4.69, 9.17) is 14.2 Å². The molecular weight excluding hydrogens is 437 g/mol. The highest BCUT2D eigenvalue weighted by Crippen LogP contribution is 2.27. The van der Waals surface area contributed by atoms with Crippen molar-refractivity contribution in [3.05, 3.63) is 53.8 Å². The third-order valence-electron chi connectivity index (χ3n) is 4.81. The molecule has 10 nitrogen and oxygen atoms in total. The molecule has 1 heterocycles. The van der Waals surface area contributed by atoms with Crippen molar-refractivity contribution in [2.45, 2.75) is 6.42 Å². The summed E-state index contributed by atoms with van der Waals surface area (Å²) in [5.74, 6) is -2.91. The molecule has 0 aliphatic carbocycles. The number of carbonyl (C=O) groups excluding carboxylic acids is 4. The molecule has 33 heavy (non-hydrogen) atoms. The SMILES string of the molecule is COc1ccc(C(=O)NN2C[C@H](C(=O)OCC(=O)Nc3ccc(F)cc3)CC2=O)cc1OC. The van der Waals surface area contributed by atoms with Crippen molar-refractivity contribution in [1.29, 1.82) is 0 Å². The summed E-state index contributed by atoms with van der Waals surface area (Å²) < 4.78 is 28.2. The normalized spacial score (nSPS) is 15.1. The smallest absolute Gasteiger partial charge is 0.311 e. The van der Waals surface area contributed by atoms with Crippen LogP contribution in [-0.4, -0.2) is 56.1 Å². The second-order valence-corrected chi connectivity index (χ2v) is 7.08. The first-order chi connectivity index (χ1) is 15.8. The lowest BCUT2D eigenvalue weighted by atomic mass is 10.1. The van der Waals surface area contributed by atoms with E-state index in [0.29, 0.717) is 17.2 Å². The van der Waals surface area contributed by atoms with Gasteiger partial charge in [0, 0.05) is 17.7 Å². The van der Waals surface area contributed by atoms with Crippen LogP contribution in [0.3, 0.4) is 0 Å². The summed E-state index contributed by atoms with van der Waals surface area (Å²) in [5, 5.41) is 3.49. The number of halogens is 1. The largest absolute Gasteiger partial charge is 0.493 e. The monoisotopic (exact) mass is 459 g/mol. The highest BCUT2D eigenvalue weighted by atomic mass is 19.1. The van der Waals surface area contributed by atoms with E-state index in [2.05, 4.69) is 10.7 Å². The van der Waals surface area contributed by atoms with Gasteiger partial charge >= 0.3 is 5.97 Å². The molecule has 11 heteroatoms. The quantitative estimate of drug-likeness (QED) is 0.574. The van der Waals surface area contributed by atoms with Gasteiger partial charge in [0.2, 0.25) is 5.91 Å². The fraction of sp³-hybridized carbons (Fsp3) is 0.273. The number of nitrogens with one attached hydrogen (secondary N) is 2. The number of ether oxygens (including phenoxy) is 3. The maximum atomic E-state index is 12.9. The zero-order valence-corrected chi connectivity index (χ0v) is 17.9. The Bertz CT molecular complexity index is 1060. The Kier molecular flexibility index (Phi) is 7.44. The first-order valence-electron chi connectivity index (χ1n) is 9.86. The Morgan fingerprint density at radius 1 is 1.06 bits per heavy atom. The predicted octanol–water partition coefficient (Wildman–Crippen LogP) is 1.52. The third kappa shape index (κ3) is 5.97. The summed E-state index contributed by atoms with van der Waals surface area (Å²) >= 11 is 0. The van der Waals surface area contributed by atoms with Crippen LogP contribution in [-0.2, 0) is 19.1 Å². The van der Waals surface area contributed by atoms with Crippen LogP contribution in [0, 0.1) is 11.7 Å². The number of rotatable bonds is 8. The fourth-order valence-corrected chi connectivity index (χ4v) is 3.12. The van der Waals surface area contributed by atoms with Crippen molar-refractivity contribution >= 4 is 29.4 Å². The van der Waals surface area contributed by atoms with E-state index in [1.54, 1.807) is 6.07 Å². The minimum Gasteiger partial charge on any atom is -0.493 e. The molecule has 3 rings (SSSR count). The number of benzene rings is 2. The summed E-state index contributed by atoms with van der Waals surface area (Å²) in [6.07, 6.45) is -0.176. The molecule has 174 valence electrons. The molecule has 0 unspecified atom stereocenters. The average molecular weight is 459 g/mol. The predicted molar refractivity (Wildman–Crippen MR) is 113 cm³/mol. The number of amides is 3. The van der Waals surface area contributed by atoms with E-state index in [1.807, 2.05) is 0 Å². The summed E-state index contributed by atoms with van der Waals surface area (Å²) in [4.78, 5) is 48.9. The van der Waals surface area contributed by atoms with Crippen LogP contribution in [0.2, 0.25) is 0 Å². The number of methoxy groups -OCH3 is 2. The number of hydrazine groups is 1. The second kappa shape index (κ2) is 10.4. The van der Waals surface area contributed by atoms with Crippen molar-refractivity contribution in [2.24, 2.45) is 5.92 Å². The number of anilines is 1. The maximum Gasteiger partial charge on any atom is 0.311 e. The molecule has 0 aromatic heterocycles. The Hall–Kier alpha value is -4.15. The Balaban J connectivity index is 1.50. The van der Waals surface area contributed by atoms with Crippen molar-refractivity contribution in [3.63, 3.8) is 0 Å². The van der Waals surface area contributed by atoms with Crippen molar-refractivity contribution < 1.29 is 37.8 Å². The van der Waals surface area contributed by atoms with Crippen molar-refractivity contribution in [1.82, 2.24) is 10.4 Å². The number of hydrogen-bond donors (Lipinski definition) is 2. The molecule has 2 N–H and O–H groups in total. The molecule has 0 bridgehead atoms. The van der Waals surface area contributed by atoms with Gasteiger partial charge in [-0.25, -0.2) is 4.39 Å². The molecular formula is C22H22FN3O7. The molecule has 3 amide bonds. The van der Waals surface area contributed by atoms with Crippen LogP contribution in [0.15, 0.2) is 42.5 Å². The Morgan fingerprint density at radius 2 is 1.76 bits per heavy atom. The molecule has 0 radical (unpaired) electrons. The maximum absolute atomic E-state index is 12.9. The first-order valence-corrected chi connectivity index (χ1v) is 9.86. The minimum atomic E-state index is -0.846. The molecule has 0 saturated carbocycles. The van der Waals surface area contributed by atoms with Gasteiger partial charge < -0.3 is 19.5 Å². The standard InChI is InChI=1S/C22H22FN3O7/c1-31-17-8-3-13(9-18(17)32-2)21(29)25-26-11-14(10-20(26)28)22(30)33-12-19(27)24-16-6-4-15(23)5-7-16/h3-9,14H,10-12H2,1-2H3,(H,24,27)(H,25,29)/t14-/m1/s1. The first kappa shape index (κ1) is 23.5. The molecule has 1 fully saturated rings. The molecule has 2 aromatic carbocycles. The van der Waals surface area contributed by atoms with Crippen LogP contribution in [0.1, 0.15) is 16.8 Å². The van der Waals surface area contributed by atoms with E-state index in [-0.39, 0.29) is 18.5 Å². The van der Waals surface area contributed by atoms with Crippen LogP contribution in [0.25, 0.3) is 0 Å². The lowest BCUT2D eigenvalue weighted by molar-refractivity contribution is -0.151. The summed E-state index contributed by atoms with van der Waals surface area (Å²) in [6.45, 7) is -0.671. The summed E-state index contributed by atoms with van der Waals surface area (Å²) in [5.41, 5.74) is 3.02. The van der Waals surface area contributed by atoms with E-state index >= 15 is 0 Å². The molecule has 1 aliphatic rings. The second-order valence-electron chi connectivity index (χ2n) is 7.08. The molecule has 2 aromatic rings. The van der Waals surface area contributed by atoms with Gasteiger partial charge in [-0.05, 0) is 42.5 Å². The van der Waals surface area contributed by atoms with E-state index in [0.717, 1.165) is 5.01 Å². The minimum absolute atomic E-state index is 0.101. The van der Waals surface area contributed by atoms with Gasteiger partial charge in [-0.1, -0.05) is 0 Å². The Labute approximate surface area is 188 Å². The highest BCUT2D eigenvalue weighted by Gasteiger charge is 2.36. The number of carbonyl (C=O) groups is 4. The van der Waals surface area contributed by atoms with E-state index < -0.39 is 42.0 Å². The number of nitrogens with zero attached hydrogens (tertiary/aromatic N) is 1. The topological polar surface area (TPSA) is 123 Å². The third-order valence-corrected chi connectivity index (χ3v) is 4.81. The van der Waals surface area contributed by atoms with Gasteiger partial charge in [-0.3, -0.25) is 29.6 Å². The van der Waals surface area contributed by atoms with E-state index in [9.17, 15) is 23.6 Å². The average Bonchev–Trinajstić information content (AvgIpc) is 3.18. The molecule has 1 aliphatic heterocycles. The number of esters is 1. The zero-order chi connectivity index (χ0) is 24.0. The van der Waals surface area contributed by atoms with Gasteiger partial charge in [0.1, 0.15) is 5.82 Å². The lowest BCUT2D eigenvalue weighted by Crippen LogP contribution is -2.43. The van der Waals surface area contributed by atoms with Crippen LogP contribution in [0.4, 0.5) is 10.1 Å². The lowest BCUT2D eigenvalue weighted by Gasteiger charge is -2.18.